The van der Waals surface area contributed by atoms with Gasteiger partial charge in [0.2, 0.25) is 0 Å². The van der Waals surface area contributed by atoms with Crippen LogP contribution in [-0.4, -0.2) is 52.2 Å². The van der Waals surface area contributed by atoms with Gasteiger partial charge in [0.15, 0.2) is 0 Å². The second kappa shape index (κ2) is 6.09. The molecule has 7 nitrogen and oxygen atoms in total. The first-order valence-electron chi connectivity index (χ1n) is 7.56. The first kappa shape index (κ1) is 16.2. The Bertz CT molecular complexity index is 716. The summed E-state index contributed by atoms with van der Waals surface area (Å²) in [7, 11) is 0. The fourth-order valence-electron chi connectivity index (χ4n) is 2.39. The highest BCUT2D eigenvalue weighted by Gasteiger charge is 2.28. The molecule has 2 aromatic rings. The van der Waals surface area contributed by atoms with Crippen LogP contribution in [-0.2, 0) is 9.63 Å². The minimum absolute atomic E-state index is 0.205. The van der Waals surface area contributed by atoms with Crippen LogP contribution in [0, 0.1) is 5.41 Å². The number of fused-ring (bicyclic) bond motifs is 1. The van der Waals surface area contributed by atoms with E-state index in [0.717, 1.165) is 34.4 Å². The lowest BCUT2D eigenvalue weighted by Gasteiger charge is -2.35. The molecule has 1 aliphatic rings. The van der Waals surface area contributed by atoms with Crippen molar-refractivity contribution in [2.75, 3.05) is 31.1 Å². The van der Waals surface area contributed by atoms with E-state index in [2.05, 4.69) is 35.8 Å². The van der Waals surface area contributed by atoms with Gasteiger partial charge in [0.1, 0.15) is 17.8 Å². The molecule has 0 atom stereocenters. The highest BCUT2D eigenvalue weighted by atomic mass is 79.9. The van der Waals surface area contributed by atoms with Gasteiger partial charge in [-0.2, -0.15) is 0 Å². The largest absolute Gasteiger partial charge is 0.367 e. The van der Waals surface area contributed by atoms with Gasteiger partial charge in [-0.05, 0) is 36.7 Å². The topological polar surface area (TPSA) is 74.3 Å². The van der Waals surface area contributed by atoms with Crippen LogP contribution in [0.25, 0.3) is 11.0 Å². The molecule has 23 heavy (non-hydrogen) atoms. The van der Waals surface area contributed by atoms with E-state index in [1.54, 1.807) is 11.4 Å². The summed E-state index contributed by atoms with van der Waals surface area (Å²) >= 11 is 3.53. The lowest BCUT2D eigenvalue weighted by atomic mass is 9.98. The fraction of sp³-hybridized carbons (Fsp3) is 0.533. The number of piperazine rings is 1. The molecule has 0 unspecified atom stereocenters. The van der Waals surface area contributed by atoms with E-state index in [9.17, 15) is 4.79 Å². The highest BCUT2D eigenvalue weighted by Crippen LogP contribution is 2.30. The van der Waals surface area contributed by atoms with Gasteiger partial charge in [-0.15, -0.1) is 5.06 Å². The number of H-pyrrole nitrogens is 1. The van der Waals surface area contributed by atoms with Crippen LogP contribution in [0.15, 0.2) is 17.0 Å². The molecule has 2 aromatic heterocycles. The Kier molecular flexibility index (Phi) is 4.29. The van der Waals surface area contributed by atoms with Crippen LogP contribution in [0.1, 0.15) is 20.8 Å². The number of hydrogen-bond acceptors (Lipinski definition) is 6. The zero-order valence-corrected chi connectivity index (χ0v) is 15.1. The molecule has 1 fully saturated rings. The van der Waals surface area contributed by atoms with Crippen molar-refractivity contribution in [1.29, 1.82) is 0 Å². The number of carbonyl (C=O) groups excluding carboxylic acids is 1. The Morgan fingerprint density at radius 2 is 1.96 bits per heavy atom. The molecule has 0 aliphatic carbocycles. The molecule has 0 amide bonds. The second-order valence-corrected chi connectivity index (χ2v) is 7.46. The Labute approximate surface area is 143 Å². The van der Waals surface area contributed by atoms with Crippen molar-refractivity contribution in [3.63, 3.8) is 0 Å². The average Bonchev–Trinajstić information content (AvgIpc) is 2.89. The summed E-state index contributed by atoms with van der Waals surface area (Å²) in [5.41, 5.74) is 0.315. The molecule has 124 valence electrons. The molecule has 3 rings (SSSR count). The standard InChI is InChI=1S/C15H20BrN5O2/c1-15(2,3)14(22)23-21-6-4-20(5-7-21)13-11-10(16)8-17-12(11)18-9-19-13/h8-9H,4-7H2,1-3H3,(H,17,18,19). The number of nitrogens with zero attached hydrogens (tertiary/aromatic N) is 4. The van der Waals surface area contributed by atoms with Crippen molar-refractivity contribution in [3.8, 4) is 0 Å². The average molecular weight is 382 g/mol. The molecule has 0 aromatic carbocycles. The number of halogens is 1. The fourth-order valence-corrected chi connectivity index (χ4v) is 2.87. The number of nitrogens with one attached hydrogen (secondary N) is 1. The molecule has 1 N–H and O–H groups in total. The maximum atomic E-state index is 12.0. The smallest absolute Gasteiger partial charge is 0.330 e. The Morgan fingerprint density at radius 3 is 2.61 bits per heavy atom. The third-order valence-electron chi connectivity index (χ3n) is 3.76. The third kappa shape index (κ3) is 3.32. The van der Waals surface area contributed by atoms with Gasteiger partial charge in [-0.25, -0.2) is 14.8 Å². The third-order valence-corrected chi connectivity index (χ3v) is 4.39. The van der Waals surface area contributed by atoms with Gasteiger partial charge in [0.25, 0.3) is 0 Å². The van der Waals surface area contributed by atoms with Crippen LogP contribution < -0.4 is 4.90 Å². The molecule has 8 heteroatoms. The van der Waals surface area contributed by atoms with Crippen LogP contribution in [0.3, 0.4) is 0 Å². The number of anilines is 1. The summed E-state index contributed by atoms with van der Waals surface area (Å²) in [6.45, 7) is 8.33. The SMILES string of the molecule is CC(C)(C)C(=O)ON1CCN(c2ncnc3[nH]cc(Br)c23)CC1. The zero-order valence-electron chi connectivity index (χ0n) is 13.5. The Morgan fingerprint density at radius 1 is 1.26 bits per heavy atom. The minimum Gasteiger partial charge on any atom is -0.367 e. The van der Waals surface area contributed by atoms with Crippen molar-refractivity contribution < 1.29 is 9.63 Å². The maximum Gasteiger partial charge on any atom is 0.330 e. The van der Waals surface area contributed by atoms with E-state index in [-0.39, 0.29) is 5.97 Å². The van der Waals surface area contributed by atoms with Crippen LogP contribution in [0.4, 0.5) is 5.82 Å². The molecule has 0 spiro atoms. The zero-order chi connectivity index (χ0) is 16.6. The number of carbonyl (C=O) groups is 1. The Balaban J connectivity index is 1.69. The minimum atomic E-state index is -0.494. The molecule has 1 saturated heterocycles. The van der Waals surface area contributed by atoms with Gasteiger partial charge in [-0.3, -0.25) is 0 Å². The molecule has 3 heterocycles. The molecule has 0 radical (unpaired) electrons. The van der Waals surface area contributed by atoms with Crippen molar-refractivity contribution in [2.45, 2.75) is 20.8 Å². The van der Waals surface area contributed by atoms with Crippen LogP contribution >= 0.6 is 15.9 Å². The molecule has 0 bridgehead atoms. The summed E-state index contributed by atoms with van der Waals surface area (Å²) in [4.78, 5) is 31.4. The van der Waals surface area contributed by atoms with Gasteiger partial charge < -0.3 is 14.7 Å². The number of aromatic nitrogens is 3. The molecular weight excluding hydrogens is 362 g/mol. The van der Waals surface area contributed by atoms with Gasteiger partial charge in [0, 0.05) is 23.8 Å². The second-order valence-electron chi connectivity index (χ2n) is 6.60. The number of hydroxylamine groups is 2. The highest BCUT2D eigenvalue weighted by molar-refractivity contribution is 9.10. The number of aromatic amines is 1. The number of hydrogen-bond donors (Lipinski definition) is 1. The first-order chi connectivity index (χ1) is 10.9. The van der Waals surface area contributed by atoms with E-state index in [0.29, 0.717) is 13.1 Å². The van der Waals surface area contributed by atoms with Crippen molar-refractivity contribution >= 4 is 38.8 Å². The summed E-state index contributed by atoms with van der Waals surface area (Å²) < 4.78 is 0.949. The predicted molar refractivity (Wildman–Crippen MR) is 90.9 cm³/mol. The summed E-state index contributed by atoms with van der Waals surface area (Å²) in [5, 5.41) is 2.71. The predicted octanol–water partition coefficient (Wildman–Crippen LogP) is 2.35. The van der Waals surface area contributed by atoms with E-state index in [1.807, 2.05) is 27.0 Å². The van der Waals surface area contributed by atoms with Gasteiger partial charge in [0.05, 0.1) is 23.9 Å². The van der Waals surface area contributed by atoms with Crippen LogP contribution in [0.2, 0.25) is 0 Å². The van der Waals surface area contributed by atoms with E-state index in [4.69, 9.17) is 4.84 Å². The lowest BCUT2D eigenvalue weighted by molar-refractivity contribution is -0.201. The quantitative estimate of drug-likeness (QED) is 0.860. The summed E-state index contributed by atoms with van der Waals surface area (Å²) in [6.07, 6.45) is 3.43. The molecule has 1 aliphatic heterocycles. The lowest BCUT2D eigenvalue weighted by Crippen LogP contribution is -2.48. The van der Waals surface area contributed by atoms with E-state index in [1.165, 1.54) is 0 Å². The van der Waals surface area contributed by atoms with Gasteiger partial charge in [-0.1, -0.05) is 0 Å². The van der Waals surface area contributed by atoms with Crippen molar-refractivity contribution in [3.05, 3.63) is 17.0 Å². The monoisotopic (exact) mass is 381 g/mol. The number of rotatable bonds is 2. The molecule has 0 saturated carbocycles. The first-order valence-corrected chi connectivity index (χ1v) is 8.35. The summed E-state index contributed by atoms with van der Waals surface area (Å²) in [5.74, 6) is 0.689. The van der Waals surface area contributed by atoms with Gasteiger partial charge >= 0.3 is 5.97 Å². The molecular formula is C15H20BrN5O2. The Hall–Kier alpha value is -1.67. The van der Waals surface area contributed by atoms with Crippen LogP contribution in [0.5, 0.6) is 0 Å². The normalized spacial score (nSPS) is 16.8. The van der Waals surface area contributed by atoms with E-state index >= 15 is 0 Å². The van der Waals surface area contributed by atoms with Crippen molar-refractivity contribution in [2.24, 2.45) is 5.41 Å². The van der Waals surface area contributed by atoms with E-state index < -0.39 is 5.41 Å². The maximum absolute atomic E-state index is 12.0. The van der Waals surface area contributed by atoms with Crippen molar-refractivity contribution in [1.82, 2.24) is 20.0 Å². The summed E-state index contributed by atoms with van der Waals surface area (Å²) in [6, 6.07) is 0.